The number of aliphatic hydroxyl groups is 1. The molecule has 5 nitrogen and oxygen atoms in total. The van der Waals surface area contributed by atoms with Crippen LogP contribution in [0.3, 0.4) is 0 Å². The number of hydrogen-bond acceptors (Lipinski definition) is 4. The highest BCUT2D eigenvalue weighted by Gasteiger charge is 2.55. The van der Waals surface area contributed by atoms with Crippen LogP contribution in [-0.2, 0) is 10.0 Å². The largest absolute Gasteiger partial charge is 0.395 e. The first-order valence-electron chi connectivity index (χ1n) is 8.46. The van der Waals surface area contributed by atoms with E-state index in [9.17, 15) is 23.2 Å². The maximum Gasteiger partial charge on any atom is 0.244 e. The van der Waals surface area contributed by atoms with Gasteiger partial charge in [-0.05, 0) is 36.2 Å². The molecule has 0 saturated carbocycles. The second-order valence-electron chi connectivity index (χ2n) is 6.31. The van der Waals surface area contributed by atoms with Gasteiger partial charge in [0.15, 0.2) is 0 Å². The molecule has 0 amide bonds. The fourth-order valence-corrected chi connectivity index (χ4v) is 5.25. The molecular weight excluding hydrogens is 367 g/mol. The smallest absolute Gasteiger partial charge is 0.244 e. The Balaban J connectivity index is 1.96. The summed E-state index contributed by atoms with van der Waals surface area (Å²) in [6.45, 7) is 1.47. The molecule has 2 aromatic carbocycles. The van der Waals surface area contributed by atoms with Crippen molar-refractivity contribution in [1.29, 1.82) is 5.26 Å². The van der Waals surface area contributed by atoms with Gasteiger partial charge in [-0.25, -0.2) is 12.8 Å². The second-order valence-corrected chi connectivity index (χ2v) is 8.15. The van der Waals surface area contributed by atoms with Crippen LogP contribution in [0, 0.1) is 17.1 Å². The Morgan fingerprint density at radius 1 is 1.26 bits per heavy atom. The number of benzene rings is 2. The third-order valence-corrected chi connectivity index (χ3v) is 6.63. The van der Waals surface area contributed by atoms with E-state index in [0.29, 0.717) is 0 Å². The van der Waals surface area contributed by atoms with Gasteiger partial charge < -0.3 is 5.11 Å². The van der Waals surface area contributed by atoms with Crippen molar-refractivity contribution in [2.75, 3.05) is 6.61 Å². The molecule has 0 spiro atoms. The molecule has 0 radical (unpaired) electrons. The molecule has 1 N–H and O–H groups in total. The monoisotopic (exact) mass is 386 g/mol. The number of aliphatic hydroxyl groups excluding tert-OH is 1. The maximum absolute atomic E-state index is 13.5. The van der Waals surface area contributed by atoms with Gasteiger partial charge in [0.1, 0.15) is 11.9 Å². The standard InChI is InChI=1S/C20H19FN2O3S/c1-2-4-14-7-9-15(10-8-14)20-18(12-22)23(19(20)13-24)27(25,26)17-6-3-5-16(21)11-17/h2-11,18-20,24H,13H2,1H3/b4-2+/t18-,19+,20+/m0/s1. The third kappa shape index (κ3) is 3.39. The van der Waals surface area contributed by atoms with Gasteiger partial charge >= 0.3 is 0 Å². The number of halogens is 1. The van der Waals surface area contributed by atoms with Crippen LogP contribution in [0.25, 0.3) is 6.08 Å². The predicted molar refractivity (Wildman–Crippen MR) is 99.6 cm³/mol. The van der Waals surface area contributed by atoms with Gasteiger partial charge in [-0.2, -0.15) is 9.57 Å². The fraction of sp³-hybridized carbons (Fsp3) is 0.250. The molecule has 1 heterocycles. The molecule has 0 aliphatic carbocycles. The van der Waals surface area contributed by atoms with E-state index in [1.807, 2.05) is 49.4 Å². The van der Waals surface area contributed by atoms with Crippen molar-refractivity contribution in [1.82, 2.24) is 4.31 Å². The second kappa shape index (κ2) is 7.61. The first kappa shape index (κ1) is 19.2. The summed E-state index contributed by atoms with van der Waals surface area (Å²) in [6.07, 6.45) is 3.83. The number of nitriles is 1. The Hall–Kier alpha value is -2.53. The summed E-state index contributed by atoms with van der Waals surface area (Å²) >= 11 is 0. The van der Waals surface area contributed by atoms with Crippen LogP contribution in [0.2, 0.25) is 0 Å². The highest BCUT2D eigenvalue weighted by molar-refractivity contribution is 7.89. The van der Waals surface area contributed by atoms with Crippen LogP contribution in [-0.4, -0.2) is 36.5 Å². The lowest BCUT2D eigenvalue weighted by Crippen LogP contribution is -2.65. The van der Waals surface area contributed by atoms with Crippen molar-refractivity contribution >= 4 is 16.1 Å². The maximum atomic E-state index is 13.5. The topological polar surface area (TPSA) is 81.4 Å². The summed E-state index contributed by atoms with van der Waals surface area (Å²) in [6, 6.07) is 12.3. The highest BCUT2D eigenvalue weighted by atomic mass is 32.2. The van der Waals surface area contributed by atoms with Crippen molar-refractivity contribution in [3.63, 3.8) is 0 Å². The van der Waals surface area contributed by atoms with E-state index in [-0.39, 0.29) is 4.90 Å². The summed E-state index contributed by atoms with van der Waals surface area (Å²) in [4.78, 5) is -0.233. The van der Waals surface area contributed by atoms with E-state index < -0.39 is 40.4 Å². The number of rotatable bonds is 5. The molecule has 140 valence electrons. The average molecular weight is 386 g/mol. The molecule has 1 aliphatic rings. The molecule has 7 heteroatoms. The zero-order chi connectivity index (χ0) is 19.6. The first-order valence-corrected chi connectivity index (χ1v) is 9.90. The van der Waals surface area contributed by atoms with Crippen LogP contribution >= 0.6 is 0 Å². The Kier molecular flexibility index (Phi) is 5.42. The molecule has 3 atom stereocenters. The molecule has 27 heavy (non-hydrogen) atoms. The normalized spacial score (nSPS) is 23.1. The number of sulfonamides is 1. The van der Waals surface area contributed by atoms with Gasteiger partial charge in [0.2, 0.25) is 10.0 Å². The summed E-state index contributed by atoms with van der Waals surface area (Å²) in [5.41, 5.74) is 1.76. The van der Waals surface area contributed by atoms with Gasteiger partial charge in [-0.1, -0.05) is 42.5 Å². The summed E-state index contributed by atoms with van der Waals surface area (Å²) in [7, 11) is -4.11. The molecule has 0 bridgehead atoms. The van der Waals surface area contributed by atoms with E-state index in [1.54, 1.807) is 0 Å². The van der Waals surface area contributed by atoms with Crippen LogP contribution in [0.1, 0.15) is 24.0 Å². The molecule has 1 fully saturated rings. The zero-order valence-corrected chi connectivity index (χ0v) is 15.5. The lowest BCUT2D eigenvalue weighted by molar-refractivity contribution is 0.0556. The van der Waals surface area contributed by atoms with Crippen LogP contribution in [0.5, 0.6) is 0 Å². The SMILES string of the molecule is C/C=C/c1ccc([C@H]2[C@@H](CO)N(S(=O)(=O)c3cccc(F)c3)[C@H]2C#N)cc1. The Morgan fingerprint density at radius 3 is 2.52 bits per heavy atom. The third-order valence-electron chi connectivity index (χ3n) is 4.73. The van der Waals surface area contributed by atoms with Crippen LogP contribution in [0.15, 0.2) is 59.5 Å². The van der Waals surface area contributed by atoms with E-state index in [1.165, 1.54) is 12.1 Å². The summed E-state index contributed by atoms with van der Waals surface area (Å²) < 4.78 is 40.3. The first-order chi connectivity index (χ1) is 12.9. The van der Waals surface area contributed by atoms with Gasteiger partial charge in [-0.3, -0.25) is 0 Å². The number of hydrogen-bond donors (Lipinski definition) is 1. The van der Waals surface area contributed by atoms with Crippen LogP contribution in [0.4, 0.5) is 4.39 Å². The van der Waals surface area contributed by atoms with Crippen LogP contribution < -0.4 is 0 Å². The molecule has 0 aromatic heterocycles. The quantitative estimate of drug-likeness (QED) is 0.857. The van der Waals surface area contributed by atoms with E-state index in [2.05, 4.69) is 0 Å². The number of allylic oxidation sites excluding steroid dienone is 1. The lowest BCUT2D eigenvalue weighted by atomic mass is 9.78. The van der Waals surface area contributed by atoms with E-state index >= 15 is 0 Å². The molecule has 0 unspecified atom stereocenters. The van der Waals surface area contributed by atoms with E-state index in [0.717, 1.165) is 27.6 Å². The van der Waals surface area contributed by atoms with Gasteiger partial charge in [0, 0.05) is 5.92 Å². The Bertz CT molecular complexity index is 997. The Labute approximate surface area is 158 Å². The number of nitrogens with zero attached hydrogens (tertiary/aromatic N) is 2. The van der Waals surface area contributed by atoms with E-state index in [4.69, 9.17) is 0 Å². The summed E-state index contributed by atoms with van der Waals surface area (Å²) in [5, 5.41) is 19.4. The minimum atomic E-state index is -4.11. The molecule has 1 saturated heterocycles. The van der Waals surface area contributed by atoms with Crippen molar-refractivity contribution in [2.45, 2.75) is 29.8 Å². The minimum absolute atomic E-state index is 0.233. The average Bonchev–Trinajstić information content (AvgIpc) is 2.63. The van der Waals surface area contributed by atoms with Crippen molar-refractivity contribution in [2.24, 2.45) is 0 Å². The zero-order valence-electron chi connectivity index (χ0n) is 14.7. The molecule has 2 aromatic rings. The fourth-order valence-electron chi connectivity index (χ4n) is 3.47. The lowest BCUT2D eigenvalue weighted by Gasteiger charge is -2.50. The summed E-state index contributed by atoms with van der Waals surface area (Å²) in [5.74, 6) is -1.13. The predicted octanol–water partition coefficient (Wildman–Crippen LogP) is 2.90. The highest BCUT2D eigenvalue weighted by Crippen LogP contribution is 2.44. The van der Waals surface area contributed by atoms with Gasteiger partial charge in [-0.15, -0.1) is 0 Å². The van der Waals surface area contributed by atoms with Gasteiger partial charge in [0.05, 0.1) is 23.6 Å². The Morgan fingerprint density at radius 2 is 1.96 bits per heavy atom. The van der Waals surface area contributed by atoms with Crippen molar-refractivity contribution < 1.29 is 17.9 Å². The van der Waals surface area contributed by atoms with Gasteiger partial charge in [0.25, 0.3) is 0 Å². The molecule has 1 aliphatic heterocycles. The van der Waals surface area contributed by atoms with Crippen molar-refractivity contribution in [3.8, 4) is 6.07 Å². The minimum Gasteiger partial charge on any atom is -0.395 e. The molecular formula is C20H19FN2O3S. The molecule has 3 rings (SSSR count). The van der Waals surface area contributed by atoms with Crippen molar-refractivity contribution in [3.05, 3.63) is 71.6 Å².